The molecule has 1 aliphatic rings. The highest BCUT2D eigenvalue weighted by Crippen LogP contribution is 2.26. The standard InChI is InChI=1S/C19H24F2N2O5/c20-19(21)28-15-9-4-3-7-13(15)18(27)23-12-6-8-14(23)17(26)22-11-5-1-2-10-16(24)25/h3-4,7,9,14,19H,1-2,5-6,8,10-12H2,(H,22,26)(H,24,25). The Balaban J connectivity index is 1.92. The van der Waals surface area contributed by atoms with Gasteiger partial charge in [-0.1, -0.05) is 18.6 Å². The van der Waals surface area contributed by atoms with Gasteiger partial charge in [0.15, 0.2) is 0 Å². The molecule has 1 fully saturated rings. The van der Waals surface area contributed by atoms with E-state index in [1.54, 1.807) is 6.07 Å². The predicted molar refractivity (Wildman–Crippen MR) is 96.2 cm³/mol. The Morgan fingerprint density at radius 3 is 2.68 bits per heavy atom. The van der Waals surface area contributed by atoms with E-state index in [-0.39, 0.29) is 23.6 Å². The quantitative estimate of drug-likeness (QED) is 0.591. The van der Waals surface area contributed by atoms with E-state index in [4.69, 9.17) is 5.11 Å². The van der Waals surface area contributed by atoms with Gasteiger partial charge in [-0.3, -0.25) is 14.4 Å². The molecule has 0 bridgehead atoms. The average molecular weight is 398 g/mol. The first-order valence-corrected chi connectivity index (χ1v) is 9.24. The first-order chi connectivity index (χ1) is 13.4. The van der Waals surface area contributed by atoms with E-state index >= 15 is 0 Å². The highest BCUT2D eigenvalue weighted by atomic mass is 19.3. The number of unbranched alkanes of at least 4 members (excludes halogenated alkanes) is 2. The molecule has 7 nitrogen and oxygen atoms in total. The van der Waals surface area contributed by atoms with E-state index in [1.165, 1.54) is 23.1 Å². The van der Waals surface area contributed by atoms with Crippen LogP contribution in [0.25, 0.3) is 0 Å². The van der Waals surface area contributed by atoms with Gasteiger partial charge in [-0.2, -0.15) is 8.78 Å². The maximum absolute atomic E-state index is 12.8. The number of hydrogen-bond donors (Lipinski definition) is 2. The Labute approximate surface area is 161 Å². The third-order valence-electron chi connectivity index (χ3n) is 4.52. The number of carboxylic acids is 1. The lowest BCUT2D eigenvalue weighted by atomic mass is 10.1. The van der Waals surface area contributed by atoms with Crippen LogP contribution in [0.1, 0.15) is 48.9 Å². The molecular weight excluding hydrogens is 374 g/mol. The van der Waals surface area contributed by atoms with Crippen LogP contribution in [0.15, 0.2) is 24.3 Å². The van der Waals surface area contributed by atoms with Crippen molar-refractivity contribution in [1.29, 1.82) is 0 Å². The summed E-state index contributed by atoms with van der Waals surface area (Å²) in [6, 6.07) is 5.07. The number of para-hydroxylation sites is 1. The minimum absolute atomic E-state index is 0.00355. The lowest BCUT2D eigenvalue weighted by Crippen LogP contribution is -2.46. The highest BCUT2D eigenvalue weighted by Gasteiger charge is 2.35. The molecule has 9 heteroatoms. The Kier molecular flexibility index (Phi) is 8.16. The van der Waals surface area contributed by atoms with E-state index in [0.717, 1.165) is 0 Å². The minimum atomic E-state index is -3.05. The number of carbonyl (C=O) groups excluding carboxylic acids is 2. The second kappa shape index (κ2) is 10.6. The summed E-state index contributed by atoms with van der Waals surface area (Å²) in [5.74, 6) is -1.88. The fourth-order valence-corrected chi connectivity index (χ4v) is 3.19. The summed E-state index contributed by atoms with van der Waals surface area (Å²) in [7, 11) is 0. The third kappa shape index (κ3) is 6.17. The van der Waals surface area contributed by atoms with Crippen LogP contribution in [0, 0.1) is 0 Å². The lowest BCUT2D eigenvalue weighted by Gasteiger charge is -2.25. The van der Waals surface area contributed by atoms with Crippen molar-refractivity contribution in [3.63, 3.8) is 0 Å². The first kappa shape index (κ1) is 21.6. The Hall–Kier alpha value is -2.71. The normalized spacial score (nSPS) is 16.2. The molecule has 0 radical (unpaired) electrons. The molecule has 1 heterocycles. The topological polar surface area (TPSA) is 95.9 Å². The molecule has 28 heavy (non-hydrogen) atoms. The molecule has 154 valence electrons. The molecule has 1 unspecified atom stereocenters. The van der Waals surface area contributed by atoms with Gasteiger partial charge in [0, 0.05) is 19.5 Å². The number of aliphatic carboxylic acids is 1. The fraction of sp³-hybridized carbons (Fsp3) is 0.526. The van der Waals surface area contributed by atoms with Crippen LogP contribution >= 0.6 is 0 Å². The molecule has 0 spiro atoms. The molecule has 2 rings (SSSR count). The van der Waals surface area contributed by atoms with E-state index in [0.29, 0.717) is 45.2 Å². The summed E-state index contributed by atoms with van der Waals surface area (Å²) in [5, 5.41) is 11.4. The van der Waals surface area contributed by atoms with Gasteiger partial charge in [-0.15, -0.1) is 0 Å². The largest absolute Gasteiger partial charge is 0.481 e. The number of alkyl halides is 2. The van der Waals surface area contributed by atoms with E-state index in [1.807, 2.05) is 0 Å². The smallest absolute Gasteiger partial charge is 0.387 e. The van der Waals surface area contributed by atoms with Crippen LogP contribution in [-0.4, -0.2) is 53.5 Å². The van der Waals surface area contributed by atoms with Crippen molar-refractivity contribution >= 4 is 17.8 Å². The first-order valence-electron chi connectivity index (χ1n) is 9.24. The summed E-state index contributed by atoms with van der Waals surface area (Å²) in [6.07, 6.45) is 3.09. The fourth-order valence-electron chi connectivity index (χ4n) is 3.19. The van der Waals surface area contributed by atoms with Crippen molar-refractivity contribution in [3.05, 3.63) is 29.8 Å². The number of likely N-dealkylation sites (tertiary alicyclic amines) is 1. The average Bonchev–Trinajstić information content (AvgIpc) is 3.13. The summed E-state index contributed by atoms with van der Waals surface area (Å²) in [5.41, 5.74) is -0.00355. The van der Waals surface area contributed by atoms with Crippen LogP contribution in [0.2, 0.25) is 0 Å². The predicted octanol–water partition coefficient (Wildman–Crippen LogP) is 2.65. The number of nitrogens with zero attached hydrogens (tertiary/aromatic N) is 1. The lowest BCUT2D eigenvalue weighted by molar-refractivity contribution is -0.137. The van der Waals surface area contributed by atoms with Crippen molar-refractivity contribution in [3.8, 4) is 5.75 Å². The number of rotatable bonds is 10. The van der Waals surface area contributed by atoms with Gasteiger partial charge in [0.2, 0.25) is 5.91 Å². The Morgan fingerprint density at radius 2 is 1.96 bits per heavy atom. The van der Waals surface area contributed by atoms with Crippen LogP contribution in [0.5, 0.6) is 5.75 Å². The number of benzene rings is 1. The zero-order chi connectivity index (χ0) is 20.5. The van der Waals surface area contributed by atoms with Gasteiger partial charge in [-0.25, -0.2) is 0 Å². The van der Waals surface area contributed by atoms with Gasteiger partial charge in [0.1, 0.15) is 11.8 Å². The van der Waals surface area contributed by atoms with Gasteiger partial charge in [0.25, 0.3) is 5.91 Å². The molecule has 1 atom stereocenters. The zero-order valence-corrected chi connectivity index (χ0v) is 15.4. The molecule has 0 saturated carbocycles. The molecule has 1 aliphatic heterocycles. The third-order valence-corrected chi connectivity index (χ3v) is 4.52. The molecule has 0 aliphatic carbocycles. The molecule has 2 N–H and O–H groups in total. The summed E-state index contributed by atoms with van der Waals surface area (Å²) >= 11 is 0. The zero-order valence-electron chi connectivity index (χ0n) is 15.4. The van der Waals surface area contributed by atoms with Crippen molar-refractivity contribution in [2.24, 2.45) is 0 Å². The van der Waals surface area contributed by atoms with E-state index < -0.39 is 24.5 Å². The second-order valence-electron chi connectivity index (χ2n) is 6.53. The number of halogens is 2. The van der Waals surface area contributed by atoms with Crippen LogP contribution in [0.3, 0.4) is 0 Å². The number of ether oxygens (including phenoxy) is 1. The maximum atomic E-state index is 12.8. The highest BCUT2D eigenvalue weighted by molar-refractivity contribution is 6.00. The van der Waals surface area contributed by atoms with Crippen molar-refractivity contribution < 1.29 is 33.0 Å². The minimum Gasteiger partial charge on any atom is -0.481 e. The summed E-state index contributed by atoms with van der Waals surface area (Å²) in [6.45, 7) is -2.30. The Morgan fingerprint density at radius 1 is 1.21 bits per heavy atom. The number of nitrogens with one attached hydrogen (secondary N) is 1. The summed E-state index contributed by atoms with van der Waals surface area (Å²) in [4.78, 5) is 37.1. The van der Waals surface area contributed by atoms with Gasteiger partial charge < -0.3 is 20.1 Å². The van der Waals surface area contributed by atoms with Crippen LogP contribution < -0.4 is 10.1 Å². The molecule has 2 amide bonds. The van der Waals surface area contributed by atoms with Crippen molar-refractivity contribution in [2.75, 3.05) is 13.1 Å². The summed E-state index contributed by atoms with van der Waals surface area (Å²) < 4.78 is 29.6. The van der Waals surface area contributed by atoms with Crippen molar-refractivity contribution in [1.82, 2.24) is 10.2 Å². The van der Waals surface area contributed by atoms with Gasteiger partial charge in [0.05, 0.1) is 5.56 Å². The molecule has 1 saturated heterocycles. The van der Waals surface area contributed by atoms with Crippen molar-refractivity contribution in [2.45, 2.75) is 51.2 Å². The SMILES string of the molecule is O=C(O)CCCCCNC(=O)C1CCCN1C(=O)c1ccccc1OC(F)F. The van der Waals surface area contributed by atoms with Gasteiger partial charge >= 0.3 is 12.6 Å². The molecule has 1 aromatic rings. The van der Waals surface area contributed by atoms with E-state index in [9.17, 15) is 23.2 Å². The second-order valence-corrected chi connectivity index (χ2v) is 6.53. The maximum Gasteiger partial charge on any atom is 0.387 e. The molecule has 1 aromatic carbocycles. The number of amides is 2. The number of hydrogen-bond acceptors (Lipinski definition) is 4. The molecule has 0 aromatic heterocycles. The number of carboxylic acid groups (broad SMARTS) is 1. The number of carbonyl (C=O) groups is 3. The monoisotopic (exact) mass is 398 g/mol. The van der Waals surface area contributed by atoms with Crippen LogP contribution in [-0.2, 0) is 9.59 Å². The molecular formula is C19H24F2N2O5. The van der Waals surface area contributed by atoms with E-state index in [2.05, 4.69) is 10.1 Å². The Bertz CT molecular complexity index is 699. The van der Waals surface area contributed by atoms with Crippen LogP contribution in [0.4, 0.5) is 8.78 Å². The van der Waals surface area contributed by atoms with Gasteiger partial charge in [-0.05, 0) is 37.8 Å².